The summed E-state index contributed by atoms with van der Waals surface area (Å²) < 4.78 is 12.4. The van der Waals surface area contributed by atoms with Crippen LogP contribution in [0.3, 0.4) is 0 Å². The van der Waals surface area contributed by atoms with Gasteiger partial charge in [-0.2, -0.15) is 0 Å². The van der Waals surface area contributed by atoms with Crippen LogP contribution >= 0.6 is 0 Å². The maximum absolute atomic E-state index is 2.43. The summed E-state index contributed by atoms with van der Waals surface area (Å²) in [6, 6.07) is 55.7. The van der Waals surface area contributed by atoms with Gasteiger partial charge < -0.3 is 0 Å². The second kappa shape index (κ2) is 22.5. The molecule has 0 aliphatic rings. The fourth-order valence-electron chi connectivity index (χ4n) is 10.8. The van der Waals surface area contributed by atoms with Gasteiger partial charge in [0.2, 0.25) is 0 Å². The standard InChI is InChI=1S/4C18H20Se/c1-12-5-7-16-14(9-12)15-10-13(11-18(2,3)4)6-8-17(15)19-16;1-12-5-7-14-15-10-13(11-18(2,3)4)6-8-16(15)19-17(14)9-12;1-12-6-5-7-16-17(12)14-10-13(11-18(2,3)4)8-9-15(14)19-16;1-12-6-5-7-14-15-10-13(11-18(2,3)4)8-9-16(15)19-17(12)14/h4*5-10H,11H2,1-4H3. The van der Waals surface area contributed by atoms with Gasteiger partial charge >= 0.3 is 483 Å². The Morgan fingerprint density at radius 3 is 1.17 bits per heavy atom. The molecule has 0 radical (unpaired) electrons. The number of aryl methyl sites for hydroxylation is 4. The Hall–Kier alpha value is -4.16. The van der Waals surface area contributed by atoms with Crippen LogP contribution in [0.15, 0.2) is 146 Å². The Morgan fingerprint density at radius 1 is 0.276 bits per heavy atom. The molecule has 0 spiro atoms. The molecule has 0 N–H and O–H groups in total. The number of hydrogen-bond donors (Lipinski definition) is 0. The van der Waals surface area contributed by atoms with Crippen LogP contribution in [-0.2, 0) is 25.7 Å². The molecule has 4 heterocycles. The monoisotopic (exact) mass is 1260 g/mol. The van der Waals surface area contributed by atoms with Gasteiger partial charge in [0.25, 0.3) is 0 Å². The molecule has 4 aromatic heterocycles. The van der Waals surface area contributed by atoms with Crippen molar-refractivity contribution < 1.29 is 0 Å². The summed E-state index contributed by atoms with van der Waals surface area (Å²) in [5, 5.41) is 11.9. The SMILES string of the molecule is Cc1ccc2[se]c3ccc(CC(C)(C)C)cc3c2c1.Cc1ccc2c(c1)[se]c1ccc(CC(C)(C)C)cc12.Cc1cccc2[se]c3ccc(CC(C)(C)C)cc3c12.Cc1cccc2c1[se]c1ccc(CC(C)(C)C)cc12. The van der Waals surface area contributed by atoms with E-state index in [1.807, 2.05) is 0 Å². The van der Waals surface area contributed by atoms with Crippen LogP contribution in [-0.4, -0.2) is 58.0 Å². The summed E-state index contributed by atoms with van der Waals surface area (Å²) in [5.41, 5.74) is 12.9. The molecule has 0 amide bonds. The fraction of sp³-hybridized carbons (Fsp3) is 0.333. The molecular weight excluding hydrogens is 1180 g/mol. The minimum absolute atomic E-state index is 0.354. The van der Waals surface area contributed by atoms with Crippen molar-refractivity contribution >= 4 is 135 Å². The van der Waals surface area contributed by atoms with Gasteiger partial charge in [-0.15, -0.1) is 0 Å². The van der Waals surface area contributed by atoms with E-state index in [1.165, 1.54) is 87.6 Å². The molecule has 76 heavy (non-hydrogen) atoms. The van der Waals surface area contributed by atoms with E-state index in [-0.39, 0.29) is 0 Å². The van der Waals surface area contributed by atoms with Gasteiger partial charge in [0.15, 0.2) is 0 Å². The molecule has 0 aliphatic carbocycles. The van der Waals surface area contributed by atoms with Crippen LogP contribution in [0, 0.1) is 49.4 Å². The van der Waals surface area contributed by atoms with E-state index < -0.39 is 0 Å². The molecule has 0 aliphatic heterocycles. The van der Waals surface area contributed by atoms with Crippen molar-refractivity contribution in [1.82, 2.24) is 0 Å². The van der Waals surface area contributed by atoms with Gasteiger partial charge in [-0.1, -0.05) is 0 Å². The summed E-state index contributed by atoms with van der Waals surface area (Å²) in [6.07, 6.45) is 4.59. The van der Waals surface area contributed by atoms with Crippen molar-refractivity contribution in [3.05, 3.63) is 190 Å². The second-order valence-corrected chi connectivity index (χ2v) is 35.6. The predicted molar refractivity (Wildman–Crippen MR) is 345 cm³/mol. The number of benzene rings is 8. The Balaban J connectivity index is 0.000000124. The van der Waals surface area contributed by atoms with Crippen LogP contribution in [0.1, 0.15) is 128 Å². The van der Waals surface area contributed by atoms with Gasteiger partial charge in [0.1, 0.15) is 0 Å². The third-order valence-corrected chi connectivity index (χ3v) is 23.8. The zero-order chi connectivity index (χ0) is 54.5. The molecule has 0 saturated heterocycles. The van der Waals surface area contributed by atoms with Gasteiger partial charge in [-0.25, -0.2) is 0 Å². The molecular formula is C72H80Se4. The van der Waals surface area contributed by atoms with Crippen molar-refractivity contribution in [3.63, 3.8) is 0 Å². The molecule has 0 saturated carbocycles. The topological polar surface area (TPSA) is 0 Å². The van der Waals surface area contributed by atoms with Crippen molar-refractivity contribution in [2.45, 2.75) is 136 Å². The van der Waals surface area contributed by atoms with Crippen molar-refractivity contribution in [2.24, 2.45) is 21.7 Å². The van der Waals surface area contributed by atoms with Gasteiger partial charge in [-0.3, -0.25) is 0 Å². The van der Waals surface area contributed by atoms with Gasteiger partial charge in [-0.05, 0) is 0 Å². The Bertz CT molecular complexity index is 3980. The van der Waals surface area contributed by atoms with E-state index in [2.05, 4.69) is 256 Å². The Morgan fingerprint density at radius 2 is 0.645 bits per heavy atom. The van der Waals surface area contributed by atoms with Crippen molar-refractivity contribution in [1.29, 1.82) is 0 Å². The Kier molecular flexibility index (Phi) is 16.8. The molecule has 8 aromatic carbocycles. The third kappa shape index (κ3) is 14.0. The Labute approximate surface area is 479 Å². The first-order chi connectivity index (χ1) is 35.7. The van der Waals surface area contributed by atoms with Crippen LogP contribution in [0.4, 0.5) is 0 Å². The van der Waals surface area contributed by atoms with E-state index >= 15 is 0 Å². The summed E-state index contributed by atoms with van der Waals surface area (Å²) in [6.45, 7) is 36.5. The molecule has 0 unspecified atom stereocenters. The number of hydrogen-bond acceptors (Lipinski definition) is 0. The first-order valence-electron chi connectivity index (χ1n) is 27.4. The van der Waals surface area contributed by atoms with E-state index in [1.54, 1.807) is 34.1 Å². The second-order valence-electron chi connectivity index (χ2n) is 26.6. The van der Waals surface area contributed by atoms with E-state index in [9.17, 15) is 0 Å². The molecule has 12 rings (SSSR count). The number of fused-ring (bicyclic) bond motifs is 12. The van der Waals surface area contributed by atoms with Crippen molar-refractivity contribution in [2.75, 3.05) is 0 Å². The molecule has 0 nitrogen and oxygen atoms in total. The first kappa shape index (κ1) is 56.6. The van der Waals surface area contributed by atoms with Gasteiger partial charge in [0.05, 0.1) is 0 Å². The zero-order valence-corrected chi connectivity index (χ0v) is 55.2. The predicted octanol–water partition coefficient (Wildman–Crippen LogP) is 19.8. The average molecular weight is 1260 g/mol. The summed E-state index contributed by atoms with van der Waals surface area (Å²) in [4.78, 5) is 0. The fourth-order valence-corrected chi connectivity index (χ4v) is 20.4. The first-order valence-corrected chi connectivity index (χ1v) is 34.2. The summed E-state index contributed by atoms with van der Waals surface area (Å²) in [5.74, 6) is 0. The summed E-state index contributed by atoms with van der Waals surface area (Å²) >= 11 is 1.99. The zero-order valence-electron chi connectivity index (χ0n) is 48.3. The van der Waals surface area contributed by atoms with E-state index in [0.717, 1.165) is 25.7 Å². The van der Waals surface area contributed by atoms with Crippen LogP contribution in [0.25, 0.3) is 77.2 Å². The summed E-state index contributed by atoms with van der Waals surface area (Å²) in [7, 11) is 0. The molecule has 12 aromatic rings. The molecule has 4 heteroatoms. The van der Waals surface area contributed by atoms with Crippen LogP contribution in [0.2, 0.25) is 0 Å². The molecule has 0 fully saturated rings. The third-order valence-electron chi connectivity index (χ3n) is 13.8. The molecule has 0 bridgehead atoms. The quantitative estimate of drug-likeness (QED) is 0.154. The minimum atomic E-state index is 0.354. The van der Waals surface area contributed by atoms with Crippen LogP contribution in [0.5, 0.6) is 0 Å². The van der Waals surface area contributed by atoms with Crippen LogP contribution < -0.4 is 0 Å². The maximum atomic E-state index is 2.43. The normalized spacial score (nSPS) is 12.4. The average Bonchev–Trinajstić information content (AvgIpc) is 4.10. The number of rotatable bonds is 4. The van der Waals surface area contributed by atoms with E-state index in [4.69, 9.17) is 0 Å². The van der Waals surface area contributed by atoms with Gasteiger partial charge in [0, 0.05) is 0 Å². The van der Waals surface area contributed by atoms with E-state index in [0.29, 0.717) is 79.7 Å². The molecule has 0 atom stereocenters. The van der Waals surface area contributed by atoms with Crippen molar-refractivity contribution in [3.8, 4) is 0 Å². The molecule has 392 valence electrons.